The van der Waals surface area contributed by atoms with Gasteiger partial charge in [0.05, 0.1) is 17.6 Å². The molecule has 3 rings (SSSR count). The summed E-state index contributed by atoms with van der Waals surface area (Å²) in [5, 5.41) is 14.4. The summed E-state index contributed by atoms with van der Waals surface area (Å²) in [4.78, 5) is 30.1. The third-order valence-corrected chi connectivity index (χ3v) is 3.83. The fourth-order valence-corrected chi connectivity index (χ4v) is 2.41. The number of halogens is 1. The Kier molecular flexibility index (Phi) is 5.93. The molecule has 0 aliphatic carbocycles. The van der Waals surface area contributed by atoms with E-state index in [4.69, 9.17) is 4.74 Å². The van der Waals surface area contributed by atoms with E-state index in [-0.39, 0.29) is 29.8 Å². The fraction of sp³-hybridized carbons (Fsp3) is 0.105. The molecule has 0 unspecified atom stereocenters. The van der Waals surface area contributed by atoms with Crippen LogP contribution in [0.3, 0.4) is 0 Å². The molecule has 0 radical (unpaired) electrons. The number of aromatic nitrogens is 2. The summed E-state index contributed by atoms with van der Waals surface area (Å²) in [6, 6.07) is 11.5. The van der Waals surface area contributed by atoms with Gasteiger partial charge in [0.1, 0.15) is 17.9 Å². The molecule has 2 aromatic carbocycles. The first kappa shape index (κ1) is 19.7. The Morgan fingerprint density at radius 3 is 2.45 bits per heavy atom. The number of benzene rings is 2. The number of rotatable bonds is 7. The van der Waals surface area contributed by atoms with Crippen LogP contribution in [-0.4, -0.2) is 28.0 Å². The number of anilines is 1. The van der Waals surface area contributed by atoms with Crippen LogP contribution >= 0.6 is 0 Å². The topological polar surface area (TPSA) is 116 Å². The normalized spacial score (nSPS) is 10.3. The monoisotopic (exact) mass is 398 g/mol. The number of nitrogens with one attached hydrogen (secondary N) is 1. The number of nitro groups is 1. The molecule has 0 aliphatic rings. The zero-order chi connectivity index (χ0) is 20.8. The molecule has 148 valence electrons. The molecular weight excluding hydrogens is 383 g/mol. The van der Waals surface area contributed by atoms with Crippen LogP contribution < -0.4 is 10.1 Å². The van der Waals surface area contributed by atoms with Gasteiger partial charge in [0, 0.05) is 6.54 Å². The molecule has 9 nitrogen and oxygen atoms in total. The second-order valence-electron chi connectivity index (χ2n) is 5.73. The average molecular weight is 398 g/mol. The summed E-state index contributed by atoms with van der Waals surface area (Å²) in [6.07, 6.45) is 1.12. The summed E-state index contributed by atoms with van der Waals surface area (Å²) in [5.41, 5.74) is 0.561. The number of nitrogens with zero attached hydrogens (tertiary/aromatic N) is 3. The smallest absolute Gasteiger partial charge is 0.373 e. The van der Waals surface area contributed by atoms with E-state index < -0.39 is 16.6 Å². The Balaban J connectivity index is 1.81. The van der Waals surface area contributed by atoms with Crippen LogP contribution in [0.15, 0.2) is 54.9 Å². The van der Waals surface area contributed by atoms with Gasteiger partial charge >= 0.3 is 17.5 Å². The molecule has 0 fully saturated rings. The van der Waals surface area contributed by atoms with Gasteiger partial charge in [-0.15, -0.1) is 0 Å². The van der Waals surface area contributed by atoms with Crippen LogP contribution in [-0.2, 0) is 11.3 Å². The minimum atomic E-state index is -0.662. The molecule has 0 bridgehead atoms. The Bertz CT molecular complexity index is 1030. The van der Waals surface area contributed by atoms with E-state index in [0.29, 0.717) is 11.1 Å². The zero-order valence-corrected chi connectivity index (χ0v) is 15.2. The summed E-state index contributed by atoms with van der Waals surface area (Å²) in [5.74, 6) is -0.968. The van der Waals surface area contributed by atoms with Gasteiger partial charge in [0.2, 0.25) is 5.82 Å². The van der Waals surface area contributed by atoms with Crippen molar-refractivity contribution in [3.05, 3.63) is 81.9 Å². The van der Waals surface area contributed by atoms with Crippen molar-refractivity contribution < 1.29 is 23.6 Å². The number of carbonyl (C=O) groups excluding carboxylic acids is 1. The Morgan fingerprint density at radius 2 is 1.83 bits per heavy atom. The van der Waals surface area contributed by atoms with Gasteiger partial charge in [-0.1, -0.05) is 12.1 Å². The SMILES string of the molecule is COC(=O)c1ccc(Oc2ncnc(NCc3ccc(F)cc3)c2[N+](=O)[O-])cc1. The Morgan fingerprint density at radius 1 is 1.14 bits per heavy atom. The lowest BCUT2D eigenvalue weighted by atomic mass is 10.2. The van der Waals surface area contributed by atoms with E-state index in [9.17, 15) is 19.3 Å². The summed E-state index contributed by atoms with van der Waals surface area (Å²) in [6.45, 7) is 0.186. The fourth-order valence-electron chi connectivity index (χ4n) is 2.41. The van der Waals surface area contributed by atoms with Gasteiger partial charge in [-0.3, -0.25) is 10.1 Å². The Labute approximate surface area is 164 Å². The van der Waals surface area contributed by atoms with Crippen LogP contribution in [0.4, 0.5) is 15.9 Å². The number of methoxy groups -OCH3 is 1. The van der Waals surface area contributed by atoms with Crippen LogP contribution in [0.25, 0.3) is 0 Å². The van der Waals surface area contributed by atoms with Gasteiger partial charge in [0.25, 0.3) is 0 Å². The maximum absolute atomic E-state index is 13.0. The molecule has 0 spiro atoms. The highest BCUT2D eigenvalue weighted by Gasteiger charge is 2.25. The van der Waals surface area contributed by atoms with Crippen molar-refractivity contribution >= 4 is 17.5 Å². The Hall–Kier alpha value is -4.08. The molecule has 10 heteroatoms. The van der Waals surface area contributed by atoms with Crippen molar-refractivity contribution in [1.82, 2.24) is 9.97 Å². The largest absolute Gasteiger partial charge is 0.465 e. The molecule has 0 saturated carbocycles. The summed E-state index contributed by atoms with van der Waals surface area (Å²) in [7, 11) is 1.26. The lowest BCUT2D eigenvalue weighted by Crippen LogP contribution is -2.07. The van der Waals surface area contributed by atoms with E-state index in [1.807, 2.05) is 0 Å². The van der Waals surface area contributed by atoms with Crippen molar-refractivity contribution in [2.75, 3.05) is 12.4 Å². The first-order valence-corrected chi connectivity index (χ1v) is 8.32. The first-order valence-electron chi connectivity index (χ1n) is 8.32. The highest BCUT2D eigenvalue weighted by atomic mass is 19.1. The molecule has 0 amide bonds. The van der Waals surface area contributed by atoms with Crippen molar-refractivity contribution in [2.24, 2.45) is 0 Å². The van der Waals surface area contributed by atoms with Crippen LogP contribution in [0.5, 0.6) is 11.6 Å². The second kappa shape index (κ2) is 8.74. The van der Waals surface area contributed by atoms with Gasteiger partial charge in [0.15, 0.2) is 0 Å². The first-order chi connectivity index (χ1) is 14.0. The highest BCUT2D eigenvalue weighted by Crippen LogP contribution is 2.34. The van der Waals surface area contributed by atoms with Crippen molar-refractivity contribution in [1.29, 1.82) is 0 Å². The van der Waals surface area contributed by atoms with Gasteiger partial charge in [-0.25, -0.2) is 14.2 Å². The third-order valence-electron chi connectivity index (χ3n) is 3.83. The van der Waals surface area contributed by atoms with Crippen molar-refractivity contribution in [3.63, 3.8) is 0 Å². The quantitative estimate of drug-likeness (QED) is 0.364. The zero-order valence-electron chi connectivity index (χ0n) is 15.2. The van der Waals surface area contributed by atoms with Gasteiger partial charge < -0.3 is 14.8 Å². The number of esters is 1. The summed E-state index contributed by atoms with van der Waals surface area (Å²) < 4.78 is 23.1. The minimum absolute atomic E-state index is 0.0458. The van der Waals surface area contributed by atoms with Crippen LogP contribution in [0.2, 0.25) is 0 Å². The average Bonchev–Trinajstić information content (AvgIpc) is 2.73. The van der Waals surface area contributed by atoms with Gasteiger partial charge in [-0.05, 0) is 42.0 Å². The van der Waals surface area contributed by atoms with E-state index in [1.54, 1.807) is 12.1 Å². The van der Waals surface area contributed by atoms with E-state index in [2.05, 4.69) is 20.0 Å². The van der Waals surface area contributed by atoms with Crippen molar-refractivity contribution in [3.8, 4) is 11.6 Å². The van der Waals surface area contributed by atoms with E-state index in [0.717, 1.165) is 6.33 Å². The molecule has 1 heterocycles. The lowest BCUT2D eigenvalue weighted by molar-refractivity contribution is -0.385. The van der Waals surface area contributed by atoms with Gasteiger partial charge in [-0.2, -0.15) is 4.98 Å². The molecule has 0 aliphatic heterocycles. The number of ether oxygens (including phenoxy) is 2. The molecule has 1 aromatic heterocycles. The predicted octanol–water partition coefficient (Wildman–Crippen LogP) is 3.71. The molecule has 0 atom stereocenters. The maximum atomic E-state index is 13.0. The van der Waals surface area contributed by atoms with Crippen molar-refractivity contribution in [2.45, 2.75) is 6.54 Å². The molecule has 3 aromatic rings. The number of hydrogen-bond acceptors (Lipinski definition) is 8. The van der Waals surface area contributed by atoms with Crippen LogP contribution in [0, 0.1) is 15.9 Å². The molecule has 0 saturated heterocycles. The van der Waals surface area contributed by atoms with Crippen LogP contribution in [0.1, 0.15) is 15.9 Å². The molecule has 1 N–H and O–H groups in total. The minimum Gasteiger partial charge on any atom is -0.465 e. The highest BCUT2D eigenvalue weighted by molar-refractivity contribution is 5.89. The second-order valence-corrected chi connectivity index (χ2v) is 5.73. The third kappa shape index (κ3) is 4.80. The standard InChI is InChI=1S/C19H15FN4O5/c1-28-19(25)13-4-8-15(9-5-13)29-18-16(24(26)27)17(22-11-23-18)21-10-12-2-6-14(20)7-3-12/h2-9,11H,10H2,1H3,(H,21,22,23). The number of carbonyl (C=O) groups is 1. The predicted molar refractivity (Wildman–Crippen MR) is 100 cm³/mol. The lowest BCUT2D eigenvalue weighted by Gasteiger charge is -2.10. The van der Waals surface area contributed by atoms with E-state index >= 15 is 0 Å². The number of hydrogen-bond donors (Lipinski definition) is 1. The summed E-state index contributed by atoms with van der Waals surface area (Å²) >= 11 is 0. The molecule has 29 heavy (non-hydrogen) atoms. The molecular formula is C19H15FN4O5. The maximum Gasteiger partial charge on any atom is 0.373 e. The van der Waals surface area contributed by atoms with E-state index in [1.165, 1.54) is 43.5 Å².